The van der Waals surface area contributed by atoms with Crippen molar-refractivity contribution in [3.63, 3.8) is 0 Å². The molecule has 10 nitrogen and oxygen atoms in total. The van der Waals surface area contributed by atoms with Crippen molar-refractivity contribution in [1.82, 2.24) is 20.4 Å². The molecule has 1 fully saturated rings. The molecule has 32 heavy (non-hydrogen) atoms. The lowest BCUT2D eigenvalue weighted by Crippen LogP contribution is -2.33. The predicted octanol–water partition coefficient (Wildman–Crippen LogP) is 2.75. The second-order valence-electron chi connectivity index (χ2n) is 9.44. The lowest BCUT2D eigenvalue weighted by atomic mass is 9.82. The summed E-state index contributed by atoms with van der Waals surface area (Å²) in [5.41, 5.74) is -1.78. The molecule has 0 bridgehead atoms. The van der Waals surface area contributed by atoms with E-state index in [-0.39, 0.29) is 36.9 Å². The van der Waals surface area contributed by atoms with Crippen molar-refractivity contribution in [3.05, 3.63) is 10.0 Å². The van der Waals surface area contributed by atoms with Gasteiger partial charge < -0.3 is 10.2 Å². The minimum Gasteiger partial charge on any atom is -0.395 e. The number of hydrogen-bond donors (Lipinski definition) is 4. The third-order valence-corrected chi connectivity index (χ3v) is 7.72. The van der Waals surface area contributed by atoms with Gasteiger partial charge in [-0.1, -0.05) is 29.1 Å². The Balaban J connectivity index is 1.63. The second-order valence-corrected chi connectivity index (χ2v) is 11.5. The molecule has 176 valence electrons. The lowest BCUT2D eigenvalue weighted by Gasteiger charge is -2.25. The molecule has 0 aliphatic heterocycles. The maximum absolute atomic E-state index is 12.3. The Morgan fingerprint density at radius 3 is 1.62 bits per heavy atom. The zero-order chi connectivity index (χ0) is 23.5. The van der Waals surface area contributed by atoms with E-state index in [9.17, 15) is 19.8 Å². The third kappa shape index (κ3) is 5.66. The first-order valence-electron chi connectivity index (χ1n) is 10.6. The Kier molecular flexibility index (Phi) is 7.58. The van der Waals surface area contributed by atoms with Gasteiger partial charge in [0.1, 0.15) is 10.0 Å². The summed E-state index contributed by atoms with van der Waals surface area (Å²) in [4.78, 5) is 24.5. The van der Waals surface area contributed by atoms with Crippen LogP contribution in [0.2, 0.25) is 0 Å². The number of hydrogen-bond acceptors (Lipinski definition) is 10. The normalized spacial score (nSPS) is 19.6. The summed E-state index contributed by atoms with van der Waals surface area (Å²) in [5.74, 6) is -0.176. The maximum Gasteiger partial charge on any atom is 0.234 e. The molecule has 0 aromatic carbocycles. The smallest absolute Gasteiger partial charge is 0.234 e. The first kappa shape index (κ1) is 24.6. The molecule has 2 atom stereocenters. The molecule has 0 spiro atoms. The van der Waals surface area contributed by atoms with Crippen LogP contribution in [0, 0.1) is 10.8 Å². The molecule has 1 aliphatic carbocycles. The fourth-order valence-corrected chi connectivity index (χ4v) is 4.99. The zero-order valence-corrected chi connectivity index (χ0v) is 20.3. The highest BCUT2D eigenvalue weighted by Crippen LogP contribution is 2.43. The van der Waals surface area contributed by atoms with Crippen LogP contribution in [0.5, 0.6) is 0 Å². The summed E-state index contributed by atoms with van der Waals surface area (Å²) in [6, 6.07) is 0. The van der Waals surface area contributed by atoms with Crippen LogP contribution in [-0.2, 0) is 9.59 Å². The number of carbonyl (C=O) groups excluding carboxylic acids is 2. The largest absolute Gasteiger partial charge is 0.395 e. The lowest BCUT2D eigenvalue weighted by molar-refractivity contribution is -0.126. The van der Waals surface area contributed by atoms with Crippen LogP contribution in [0.4, 0.5) is 10.3 Å². The van der Waals surface area contributed by atoms with Gasteiger partial charge in [-0.2, -0.15) is 0 Å². The number of aliphatic hydroxyl groups is 2. The summed E-state index contributed by atoms with van der Waals surface area (Å²) in [6.45, 7) is 6.16. The molecular formula is C20H30N6O4S2. The molecule has 0 unspecified atom stereocenters. The summed E-state index contributed by atoms with van der Waals surface area (Å²) in [7, 11) is 0. The van der Waals surface area contributed by atoms with Crippen LogP contribution in [0.25, 0.3) is 0 Å². The van der Waals surface area contributed by atoms with Crippen LogP contribution >= 0.6 is 22.7 Å². The van der Waals surface area contributed by atoms with Crippen LogP contribution in [0.1, 0.15) is 75.2 Å². The summed E-state index contributed by atoms with van der Waals surface area (Å²) < 4.78 is 0. The van der Waals surface area contributed by atoms with Crippen molar-refractivity contribution in [2.75, 3.05) is 23.8 Å². The monoisotopic (exact) mass is 482 g/mol. The second kappa shape index (κ2) is 9.86. The van der Waals surface area contributed by atoms with Crippen LogP contribution < -0.4 is 10.6 Å². The van der Waals surface area contributed by atoms with Gasteiger partial charge in [0, 0.05) is 11.8 Å². The summed E-state index contributed by atoms with van der Waals surface area (Å²) in [5, 5.41) is 43.6. The molecule has 1 aliphatic rings. The molecule has 2 aromatic heterocycles. The Morgan fingerprint density at radius 2 is 1.25 bits per heavy atom. The highest BCUT2D eigenvalue weighted by Gasteiger charge is 2.32. The van der Waals surface area contributed by atoms with Gasteiger partial charge in [0.25, 0.3) is 0 Å². The number of rotatable bonds is 8. The predicted molar refractivity (Wildman–Crippen MR) is 123 cm³/mol. The first-order valence-corrected chi connectivity index (χ1v) is 12.2. The number of aromatic nitrogens is 4. The standard InChI is InChI=1S/C20H30N6O4S2/c1-19(2,9-27)15(29)21-17-25-23-13(31-17)11-6-5-7-12(8-11)14-24-26-18(32-14)22-16(30)20(3,4)10-28/h11-12,27-28H,5-10H2,1-4H3,(H,21,25,29)(H,22,26,30)/t11-,12-/m0/s1. The van der Waals surface area contributed by atoms with E-state index in [1.165, 1.54) is 22.7 Å². The van der Waals surface area contributed by atoms with E-state index in [4.69, 9.17) is 0 Å². The van der Waals surface area contributed by atoms with Gasteiger partial charge in [0.05, 0.1) is 24.0 Å². The van der Waals surface area contributed by atoms with E-state index in [0.717, 1.165) is 35.7 Å². The number of carbonyl (C=O) groups is 2. The molecule has 3 rings (SSSR count). The molecule has 2 amide bonds. The Morgan fingerprint density at radius 1 is 0.844 bits per heavy atom. The molecule has 2 heterocycles. The SMILES string of the molecule is CC(C)(CO)C(=O)Nc1nnc([C@H]2CCC[C@H](c3nnc(NC(=O)C(C)(C)CO)s3)C2)s1. The molecule has 1 saturated carbocycles. The van der Waals surface area contributed by atoms with Crippen molar-refractivity contribution in [2.24, 2.45) is 10.8 Å². The summed E-state index contributed by atoms with van der Waals surface area (Å²) >= 11 is 2.72. The van der Waals surface area contributed by atoms with E-state index in [0.29, 0.717) is 10.3 Å². The molecule has 12 heteroatoms. The number of amides is 2. The number of nitrogens with zero attached hydrogens (tertiary/aromatic N) is 4. The highest BCUT2D eigenvalue weighted by atomic mass is 32.1. The molecule has 0 radical (unpaired) electrons. The van der Waals surface area contributed by atoms with E-state index >= 15 is 0 Å². The Labute approximate surface area is 194 Å². The van der Waals surface area contributed by atoms with Crippen LogP contribution in [0.3, 0.4) is 0 Å². The number of nitrogens with one attached hydrogen (secondary N) is 2. The van der Waals surface area contributed by atoms with Gasteiger partial charge >= 0.3 is 0 Å². The Hall–Kier alpha value is -2.02. The van der Waals surface area contributed by atoms with E-state index in [1.54, 1.807) is 27.7 Å². The Bertz CT molecular complexity index is 883. The van der Waals surface area contributed by atoms with E-state index in [1.807, 2.05) is 0 Å². The topological polar surface area (TPSA) is 150 Å². The number of anilines is 2. The fourth-order valence-electron chi connectivity index (χ4n) is 3.21. The van der Waals surface area contributed by atoms with Crippen molar-refractivity contribution in [1.29, 1.82) is 0 Å². The average Bonchev–Trinajstić information content (AvgIpc) is 3.43. The molecule has 2 aromatic rings. The van der Waals surface area contributed by atoms with Crippen LogP contribution in [0.15, 0.2) is 0 Å². The van der Waals surface area contributed by atoms with Gasteiger partial charge in [-0.3, -0.25) is 20.2 Å². The third-order valence-electron chi connectivity index (χ3n) is 5.71. The van der Waals surface area contributed by atoms with Gasteiger partial charge in [0.15, 0.2) is 0 Å². The first-order chi connectivity index (χ1) is 15.1. The maximum atomic E-state index is 12.3. The van der Waals surface area contributed by atoms with Gasteiger partial charge in [-0.25, -0.2) is 0 Å². The quantitative estimate of drug-likeness (QED) is 0.448. The summed E-state index contributed by atoms with van der Waals surface area (Å²) in [6.07, 6.45) is 3.81. The average molecular weight is 483 g/mol. The van der Waals surface area contributed by atoms with Crippen LogP contribution in [-0.4, -0.2) is 55.6 Å². The van der Waals surface area contributed by atoms with Crippen molar-refractivity contribution in [3.8, 4) is 0 Å². The van der Waals surface area contributed by atoms with E-state index in [2.05, 4.69) is 31.0 Å². The van der Waals surface area contributed by atoms with Crippen molar-refractivity contribution in [2.45, 2.75) is 65.2 Å². The minimum atomic E-state index is -0.890. The minimum absolute atomic E-state index is 0.206. The van der Waals surface area contributed by atoms with Gasteiger partial charge in [-0.05, 0) is 47.0 Å². The molecule has 4 N–H and O–H groups in total. The van der Waals surface area contributed by atoms with E-state index < -0.39 is 10.8 Å². The molecule has 0 saturated heterocycles. The highest BCUT2D eigenvalue weighted by molar-refractivity contribution is 7.15. The zero-order valence-electron chi connectivity index (χ0n) is 18.7. The number of aliphatic hydroxyl groups excluding tert-OH is 2. The van der Waals surface area contributed by atoms with Gasteiger partial charge in [-0.15, -0.1) is 20.4 Å². The van der Waals surface area contributed by atoms with Crippen molar-refractivity contribution < 1.29 is 19.8 Å². The van der Waals surface area contributed by atoms with Gasteiger partial charge in [0.2, 0.25) is 22.1 Å². The molecular weight excluding hydrogens is 452 g/mol. The van der Waals surface area contributed by atoms with Crippen molar-refractivity contribution >= 4 is 44.8 Å². The fraction of sp³-hybridized carbons (Fsp3) is 0.700.